The molecule has 2 heterocycles. The van der Waals surface area contributed by atoms with Gasteiger partial charge in [-0.2, -0.15) is 5.26 Å². The van der Waals surface area contributed by atoms with Gasteiger partial charge < -0.3 is 9.47 Å². The molecular formula is C18H19N3O2. The van der Waals surface area contributed by atoms with Gasteiger partial charge in [0.05, 0.1) is 7.11 Å². The molecule has 0 N–H and O–H groups in total. The molecule has 0 aliphatic carbocycles. The molecular weight excluding hydrogens is 290 g/mol. The molecule has 1 aliphatic rings. The van der Waals surface area contributed by atoms with Crippen LogP contribution in [-0.4, -0.2) is 30.1 Å². The van der Waals surface area contributed by atoms with E-state index in [1.165, 1.54) is 12.8 Å². The zero-order valence-corrected chi connectivity index (χ0v) is 13.2. The van der Waals surface area contributed by atoms with Crippen molar-refractivity contribution in [3.8, 4) is 23.4 Å². The molecule has 1 aromatic carbocycles. The van der Waals surface area contributed by atoms with Crippen LogP contribution in [0.15, 0.2) is 36.5 Å². The molecule has 0 bridgehead atoms. The number of pyridine rings is 1. The van der Waals surface area contributed by atoms with Crippen LogP contribution in [0.1, 0.15) is 24.0 Å². The van der Waals surface area contributed by atoms with E-state index < -0.39 is 0 Å². The zero-order chi connectivity index (χ0) is 16.1. The van der Waals surface area contributed by atoms with Crippen LogP contribution in [0.5, 0.6) is 17.4 Å². The van der Waals surface area contributed by atoms with Gasteiger partial charge in [0.1, 0.15) is 11.6 Å². The molecule has 0 radical (unpaired) electrons. The molecule has 0 spiro atoms. The number of rotatable bonds is 5. The smallest absolute Gasteiger partial charge is 0.237 e. The highest BCUT2D eigenvalue weighted by atomic mass is 16.5. The lowest BCUT2D eigenvalue weighted by molar-refractivity contribution is 0.329. The van der Waals surface area contributed by atoms with E-state index in [4.69, 9.17) is 14.7 Å². The van der Waals surface area contributed by atoms with Crippen LogP contribution in [0.4, 0.5) is 0 Å². The first-order chi connectivity index (χ1) is 11.3. The summed E-state index contributed by atoms with van der Waals surface area (Å²) in [6, 6.07) is 11.4. The Morgan fingerprint density at radius 2 is 2.04 bits per heavy atom. The standard InChI is InChI=1S/C18H19N3O2/c1-22-16-7-6-14(13-21-9-2-3-10-21)11-17(16)23-18-15(12-19)5-4-8-20-18/h4-8,11H,2-3,9-10,13H2,1H3. The van der Waals surface area contributed by atoms with Crippen LogP contribution in [0.2, 0.25) is 0 Å². The van der Waals surface area contributed by atoms with Crippen molar-refractivity contribution in [1.82, 2.24) is 9.88 Å². The fourth-order valence-corrected chi connectivity index (χ4v) is 2.76. The van der Waals surface area contributed by atoms with E-state index in [-0.39, 0.29) is 0 Å². The lowest BCUT2D eigenvalue weighted by Crippen LogP contribution is -2.18. The van der Waals surface area contributed by atoms with Crippen LogP contribution in [-0.2, 0) is 6.54 Å². The normalized spacial score (nSPS) is 14.4. The van der Waals surface area contributed by atoms with Crippen molar-refractivity contribution in [2.24, 2.45) is 0 Å². The van der Waals surface area contributed by atoms with Gasteiger partial charge in [-0.05, 0) is 55.8 Å². The van der Waals surface area contributed by atoms with Crippen LogP contribution in [0.25, 0.3) is 0 Å². The van der Waals surface area contributed by atoms with Gasteiger partial charge in [-0.15, -0.1) is 0 Å². The minimum absolute atomic E-state index is 0.298. The molecule has 0 amide bonds. The van der Waals surface area contributed by atoms with Crippen LogP contribution in [0, 0.1) is 11.3 Å². The topological polar surface area (TPSA) is 58.4 Å². The number of nitriles is 1. The van der Waals surface area contributed by atoms with Gasteiger partial charge in [0, 0.05) is 12.7 Å². The summed E-state index contributed by atoms with van der Waals surface area (Å²) in [5, 5.41) is 9.16. The number of likely N-dealkylation sites (tertiary alicyclic amines) is 1. The van der Waals surface area contributed by atoms with Crippen LogP contribution >= 0.6 is 0 Å². The van der Waals surface area contributed by atoms with Gasteiger partial charge in [0.25, 0.3) is 0 Å². The molecule has 1 fully saturated rings. The first-order valence-corrected chi connectivity index (χ1v) is 7.72. The molecule has 0 atom stereocenters. The molecule has 5 nitrogen and oxygen atoms in total. The van der Waals surface area contributed by atoms with Crippen molar-refractivity contribution in [3.05, 3.63) is 47.7 Å². The number of benzene rings is 1. The Bertz CT molecular complexity index is 718. The van der Waals surface area contributed by atoms with Crippen molar-refractivity contribution in [3.63, 3.8) is 0 Å². The highest BCUT2D eigenvalue weighted by Crippen LogP contribution is 2.33. The van der Waals surface area contributed by atoms with E-state index in [2.05, 4.69) is 16.0 Å². The summed E-state index contributed by atoms with van der Waals surface area (Å²) in [6.07, 6.45) is 4.13. The molecule has 0 unspecified atom stereocenters. The van der Waals surface area contributed by atoms with Gasteiger partial charge in [-0.3, -0.25) is 4.90 Å². The maximum absolute atomic E-state index is 9.16. The molecule has 0 saturated carbocycles. The SMILES string of the molecule is COc1ccc(CN2CCCC2)cc1Oc1ncccc1C#N. The second-order valence-electron chi connectivity index (χ2n) is 5.54. The first kappa shape index (κ1) is 15.3. The summed E-state index contributed by atoms with van der Waals surface area (Å²) in [5.74, 6) is 1.51. The average Bonchev–Trinajstić information content (AvgIpc) is 3.09. The summed E-state index contributed by atoms with van der Waals surface area (Å²) >= 11 is 0. The minimum atomic E-state index is 0.298. The van der Waals surface area contributed by atoms with Crippen molar-refractivity contribution in [1.29, 1.82) is 5.26 Å². The predicted molar refractivity (Wildman–Crippen MR) is 86.5 cm³/mol. The van der Waals surface area contributed by atoms with Gasteiger partial charge in [-0.25, -0.2) is 4.98 Å². The summed E-state index contributed by atoms with van der Waals surface area (Å²) in [6.45, 7) is 3.18. The molecule has 118 valence electrons. The highest BCUT2D eigenvalue weighted by Gasteiger charge is 2.15. The molecule has 2 aromatic rings. The largest absolute Gasteiger partial charge is 0.493 e. The Balaban J connectivity index is 1.85. The first-order valence-electron chi connectivity index (χ1n) is 7.72. The van der Waals surface area contributed by atoms with Gasteiger partial charge in [0.15, 0.2) is 11.5 Å². The molecule has 1 saturated heterocycles. The number of ether oxygens (including phenoxy) is 2. The zero-order valence-electron chi connectivity index (χ0n) is 13.2. The van der Waals surface area contributed by atoms with Gasteiger partial charge in [-0.1, -0.05) is 6.07 Å². The summed E-state index contributed by atoms with van der Waals surface area (Å²) in [5.41, 5.74) is 1.57. The van der Waals surface area contributed by atoms with E-state index in [9.17, 15) is 0 Å². The number of hydrogen-bond acceptors (Lipinski definition) is 5. The quantitative estimate of drug-likeness (QED) is 0.847. The van der Waals surface area contributed by atoms with Crippen molar-refractivity contribution < 1.29 is 9.47 Å². The molecule has 1 aliphatic heterocycles. The summed E-state index contributed by atoms with van der Waals surface area (Å²) < 4.78 is 11.2. The Morgan fingerprint density at radius 1 is 1.22 bits per heavy atom. The highest BCUT2D eigenvalue weighted by molar-refractivity contribution is 5.47. The van der Waals surface area contributed by atoms with Crippen molar-refractivity contribution in [2.45, 2.75) is 19.4 Å². The second kappa shape index (κ2) is 7.12. The maximum Gasteiger partial charge on any atom is 0.237 e. The molecule has 23 heavy (non-hydrogen) atoms. The Morgan fingerprint density at radius 3 is 2.78 bits per heavy atom. The fraction of sp³-hybridized carbons (Fsp3) is 0.333. The monoisotopic (exact) mass is 309 g/mol. The van der Waals surface area contributed by atoms with Crippen molar-refractivity contribution >= 4 is 0 Å². The average molecular weight is 309 g/mol. The number of nitrogens with zero attached hydrogens (tertiary/aromatic N) is 3. The van der Waals surface area contributed by atoms with Crippen LogP contribution in [0.3, 0.4) is 0 Å². The van der Waals surface area contributed by atoms with E-state index in [1.54, 1.807) is 25.4 Å². The Labute approximate surface area is 136 Å². The van der Waals surface area contributed by atoms with Crippen LogP contribution < -0.4 is 9.47 Å². The number of methoxy groups -OCH3 is 1. The number of hydrogen-bond donors (Lipinski definition) is 0. The van der Waals surface area contributed by atoms with Gasteiger partial charge >= 0.3 is 0 Å². The summed E-state index contributed by atoms with van der Waals surface area (Å²) in [7, 11) is 1.60. The lowest BCUT2D eigenvalue weighted by atomic mass is 10.2. The minimum Gasteiger partial charge on any atom is -0.493 e. The van der Waals surface area contributed by atoms with E-state index in [1.807, 2.05) is 18.2 Å². The maximum atomic E-state index is 9.16. The third kappa shape index (κ3) is 3.61. The van der Waals surface area contributed by atoms with E-state index >= 15 is 0 Å². The Hall–Kier alpha value is -2.58. The summed E-state index contributed by atoms with van der Waals surface area (Å²) in [4.78, 5) is 6.57. The third-order valence-corrected chi connectivity index (χ3v) is 3.93. The molecule has 1 aromatic heterocycles. The fourth-order valence-electron chi connectivity index (χ4n) is 2.76. The van der Waals surface area contributed by atoms with E-state index in [0.717, 1.165) is 25.2 Å². The van der Waals surface area contributed by atoms with Gasteiger partial charge in [0.2, 0.25) is 5.88 Å². The third-order valence-electron chi connectivity index (χ3n) is 3.93. The lowest BCUT2D eigenvalue weighted by Gasteiger charge is -2.16. The van der Waals surface area contributed by atoms with Crippen molar-refractivity contribution in [2.75, 3.05) is 20.2 Å². The molecule has 5 heteroatoms. The molecule has 3 rings (SSSR count). The second-order valence-corrected chi connectivity index (χ2v) is 5.54. The predicted octanol–water partition coefficient (Wildman–Crippen LogP) is 3.35. The van der Waals surface area contributed by atoms with E-state index in [0.29, 0.717) is 22.9 Å². The number of aromatic nitrogens is 1. The Kier molecular flexibility index (Phi) is 4.74.